The standard InChI is InChI=1S/C16H23N3/c1-3-19-15-7-5-4-6-13(15)14(18-19)10-16(2,11-17)12-8-9-12/h4-7,12H,3,8-11,17H2,1-2H3. The molecule has 3 nitrogen and oxygen atoms in total. The van der Waals surface area contributed by atoms with Gasteiger partial charge in [0.2, 0.25) is 0 Å². The molecule has 1 aliphatic rings. The Balaban J connectivity index is 2.00. The first-order valence-electron chi connectivity index (χ1n) is 7.32. The van der Waals surface area contributed by atoms with Crippen molar-refractivity contribution in [3.05, 3.63) is 30.0 Å². The van der Waals surface area contributed by atoms with E-state index >= 15 is 0 Å². The lowest BCUT2D eigenvalue weighted by Gasteiger charge is -2.27. The Bertz CT molecular complexity index is 583. The van der Waals surface area contributed by atoms with Crippen molar-refractivity contribution in [3.63, 3.8) is 0 Å². The summed E-state index contributed by atoms with van der Waals surface area (Å²) in [6, 6.07) is 8.54. The molecule has 3 heteroatoms. The van der Waals surface area contributed by atoms with Crippen LogP contribution in [0.15, 0.2) is 24.3 Å². The van der Waals surface area contributed by atoms with Crippen LogP contribution in [0.25, 0.3) is 10.9 Å². The van der Waals surface area contributed by atoms with Crippen LogP contribution in [-0.4, -0.2) is 16.3 Å². The van der Waals surface area contributed by atoms with Crippen LogP contribution in [0.2, 0.25) is 0 Å². The second-order valence-corrected chi connectivity index (χ2v) is 6.09. The van der Waals surface area contributed by atoms with Crippen LogP contribution < -0.4 is 5.73 Å². The zero-order valence-electron chi connectivity index (χ0n) is 11.9. The summed E-state index contributed by atoms with van der Waals surface area (Å²) in [5, 5.41) is 6.11. The Morgan fingerprint density at radius 3 is 2.74 bits per heavy atom. The van der Waals surface area contributed by atoms with E-state index in [0.717, 1.165) is 25.4 Å². The van der Waals surface area contributed by atoms with Crippen LogP contribution in [0.3, 0.4) is 0 Å². The Morgan fingerprint density at radius 1 is 1.37 bits per heavy atom. The van der Waals surface area contributed by atoms with Crippen LogP contribution >= 0.6 is 0 Å². The molecule has 19 heavy (non-hydrogen) atoms. The predicted molar refractivity (Wildman–Crippen MR) is 79.0 cm³/mol. The lowest BCUT2D eigenvalue weighted by Crippen LogP contribution is -2.32. The number of hydrogen-bond donors (Lipinski definition) is 1. The first-order valence-corrected chi connectivity index (χ1v) is 7.32. The fraction of sp³-hybridized carbons (Fsp3) is 0.562. The molecular formula is C16H23N3. The van der Waals surface area contributed by atoms with Crippen molar-refractivity contribution in [2.75, 3.05) is 6.54 Å². The molecule has 1 unspecified atom stereocenters. The molecule has 2 N–H and O–H groups in total. The third-order valence-corrected chi connectivity index (χ3v) is 4.63. The fourth-order valence-electron chi connectivity index (χ4n) is 3.11. The van der Waals surface area contributed by atoms with E-state index < -0.39 is 0 Å². The smallest absolute Gasteiger partial charge is 0.0709 e. The van der Waals surface area contributed by atoms with Gasteiger partial charge in [0, 0.05) is 11.9 Å². The van der Waals surface area contributed by atoms with Gasteiger partial charge in [0.15, 0.2) is 0 Å². The van der Waals surface area contributed by atoms with E-state index in [1.165, 1.54) is 29.4 Å². The molecule has 1 fully saturated rings. The molecule has 1 aromatic carbocycles. The van der Waals surface area contributed by atoms with Gasteiger partial charge in [-0.15, -0.1) is 0 Å². The Labute approximate surface area is 114 Å². The number of rotatable bonds is 5. The molecule has 1 aliphatic carbocycles. The quantitative estimate of drug-likeness (QED) is 0.895. The molecule has 1 saturated carbocycles. The summed E-state index contributed by atoms with van der Waals surface area (Å²) in [6.45, 7) is 6.14. The average molecular weight is 257 g/mol. The van der Waals surface area contributed by atoms with Gasteiger partial charge >= 0.3 is 0 Å². The van der Waals surface area contributed by atoms with Gasteiger partial charge in [0.1, 0.15) is 0 Å². The number of aromatic nitrogens is 2. The molecule has 102 valence electrons. The minimum atomic E-state index is 0.218. The number of benzene rings is 1. The number of fused-ring (bicyclic) bond motifs is 1. The normalized spacial score (nSPS) is 18.7. The molecule has 0 saturated heterocycles. The first-order chi connectivity index (χ1) is 9.18. The van der Waals surface area contributed by atoms with Gasteiger partial charge in [-0.3, -0.25) is 4.68 Å². The van der Waals surface area contributed by atoms with Crippen molar-refractivity contribution >= 4 is 10.9 Å². The van der Waals surface area contributed by atoms with E-state index in [4.69, 9.17) is 10.8 Å². The maximum atomic E-state index is 6.04. The van der Waals surface area contributed by atoms with Crippen molar-refractivity contribution in [3.8, 4) is 0 Å². The third-order valence-electron chi connectivity index (χ3n) is 4.63. The van der Waals surface area contributed by atoms with Crippen LogP contribution in [-0.2, 0) is 13.0 Å². The van der Waals surface area contributed by atoms with Crippen LogP contribution in [0.5, 0.6) is 0 Å². The van der Waals surface area contributed by atoms with Gasteiger partial charge in [-0.2, -0.15) is 5.10 Å². The Morgan fingerprint density at radius 2 is 2.11 bits per heavy atom. The molecular weight excluding hydrogens is 234 g/mol. The predicted octanol–water partition coefficient (Wildman–Crippen LogP) is 2.97. The summed E-state index contributed by atoms with van der Waals surface area (Å²) >= 11 is 0. The van der Waals surface area contributed by atoms with Gasteiger partial charge in [0.05, 0.1) is 11.2 Å². The average Bonchev–Trinajstić information content (AvgIpc) is 3.24. The molecule has 0 aliphatic heterocycles. The highest BCUT2D eigenvalue weighted by Gasteiger charge is 2.41. The summed E-state index contributed by atoms with van der Waals surface area (Å²) in [5.41, 5.74) is 8.73. The highest BCUT2D eigenvalue weighted by atomic mass is 15.3. The van der Waals surface area contributed by atoms with Gasteiger partial charge in [-0.05, 0) is 50.1 Å². The molecule has 0 amide bonds. The van der Waals surface area contributed by atoms with Crippen LogP contribution in [0.1, 0.15) is 32.4 Å². The number of para-hydroxylation sites is 1. The van der Waals surface area contributed by atoms with Crippen molar-refractivity contribution in [2.24, 2.45) is 17.1 Å². The van der Waals surface area contributed by atoms with E-state index in [-0.39, 0.29) is 5.41 Å². The zero-order valence-corrected chi connectivity index (χ0v) is 11.9. The molecule has 1 heterocycles. The maximum Gasteiger partial charge on any atom is 0.0709 e. The number of hydrogen-bond acceptors (Lipinski definition) is 2. The van der Waals surface area contributed by atoms with Gasteiger partial charge < -0.3 is 5.73 Å². The van der Waals surface area contributed by atoms with Crippen LogP contribution in [0, 0.1) is 11.3 Å². The maximum absolute atomic E-state index is 6.04. The number of nitrogens with zero attached hydrogens (tertiary/aromatic N) is 2. The fourth-order valence-corrected chi connectivity index (χ4v) is 3.11. The van der Waals surface area contributed by atoms with Gasteiger partial charge in [-0.1, -0.05) is 25.1 Å². The molecule has 0 bridgehead atoms. The molecule has 2 aromatic rings. The number of nitrogens with two attached hydrogens (primary N) is 1. The minimum absolute atomic E-state index is 0.218. The third kappa shape index (κ3) is 2.16. The van der Waals surface area contributed by atoms with E-state index in [0.29, 0.717) is 0 Å². The van der Waals surface area contributed by atoms with E-state index in [9.17, 15) is 0 Å². The summed E-state index contributed by atoms with van der Waals surface area (Å²) in [4.78, 5) is 0. The van der Waals surface area contributed by atoms with Crippen molar-refractivity contribution < 1.29 is 0 Å². The monoisotopic (exact) mass is 257 g/mol. The first kappa shape index (κ1) is 12.7. The molecule has 3 rings (SSSR count). The molecule has 0 spiro atoms. The van der Waals surface area contributed by atoms with Crippen LogP contribution in [0.4, 0.5) is 0 Å². The highest BCUT2D eigenvalue weighted by Crippen LogP contribution is 2.47. The van der Waals surface area contributed by atoms with Gasteiger partial charge in [-0.25, -0.2) is 0 Å². The minimum Gasteiger partial charge on any atom is -0.330 e. The lowest BCUT2D eigenvalue weighted by atomic mass is 9.80. The lowest BCUT2D eigenvalue weighted by molar-refractivity contribution is 0.279. The topological polar surface area (TPSA) is 43.8 Å². The largest absolute Gasteiger partial charge is 0.330 e. The van der Waals surface area contributed by atoms with E-state index in [1.54, 1.807) is 0 Å². The van der Waals surface area contributed by atoms with Crippen molar-refractivity contribution in [1.82, 2.24) is 9.78 Å². The SMILES string of the molecule is CCn1nc(CC(C)(CN)C2CC2)c2ccccc21. The highest BCUT2D eigenvalue weighted by molar-refractivity contribution is 5.82. The molecule has 1 atom stereocenters. The Kier molecular flexibility index (Phi) is 3.09. The summed E-state index contributed by atoms with van der Waals surface area (Å²) < 4.78 is 2.11. The molecule has 0 radical (unpaired) electrons. The van der Waals surface area contributed by atoms with E-state index in [2.05, 4.69) is 42.8 Å². The summed E-state index contributed by atoms with van der Waals surface area (Å²) in [7, 11) is 0. The molecule has 1 aromatic heterocycles. The summed E-state index contributed by atoms with van der Waals surface area (Å²) in [5.74, 6) is 0.794. The summed E-state index contributed by atoms with van der Waals surface area (Å²) in [6.07, 6.45) is 3.67. The van der Waals surface area contributed by atoms with Crippen molar-refractivity contribution in [1.29, 1.82) is 0 Å². The second-order valence-electron chi connectivity index (χ2n) is 6.09. The number of aryl methyl sites for hydroxylation is 1. The zero-order chi connectivity index (χ0) is 13.5. The van der Waals surface area contributed by atoms with Gasteiger partial charge in [0.25, 0.3) is 0 Å². The second kappa shape index (κ2) is 4.64. The van der Waals surface area contributed by atoms with Crippen molar-refractivity contribution in [2.45, 2.75) is 39.7 Å². The van der Waals surface area contributed by atoms with E-state index in [1.807, 2.05) is 0 Å². The Hall–Kier alpha value is -1.35.